The summed E-state index contributed by atoms with van der Waals surface area (Å²) in [6.07, 6.45) is 0. The predicted molar refractivity (Wildman–Crippen MR) is 122 cm³/mol. The summed E-state index contributed by atoms with van der Waals surface area (Å²) in [6, 6.07) is 31.0. The van der Waals surface area contributed by atoms with Crippen LogP contribution in [0.15, 0.2) is 107 Å². The Labute approximate surface area is 175 Å². The molecule has 0 fully saturated rings. The molecule has 4 aromatic rings. The van der Waals surface area contributed by atoms with Gasteiger partial charge in [-0.1, -0.05) is 60.7 Å². The fourth-order valence-corrected chi connectivity index (χ4v) is 3.32. The second-order valence-electron chi connectivity index (χ2n) is 6.93. The molecule has 0 N–H and O–H groups in total. The molecule has 30 heavy (non-hydrogen) atoms. The first-order valence-electron chi connectivity index (χ1n) is 9.73. The van der Waals surface area contributed by atoms with E-state index in [0.717, 1.165) is 39.4 Å². The zero-order valence-corrected chi connectivity index (χ0v) is 16.9. The van der Waals surface area contributed by atoms with Crippen molar-refractivity contribution >= 4 is 5.71 Å². The minimum absolute atomic E-state index is 0.178. The SMILES string of the molecule is COc1ccc(/C(C)=N/n2c(-c3ccccc3)cc(-c3ccccc3)cc2=O)cc1. The van der Waals surface area contributed by atoms with E-state index in [1.807, 2.05) is 97.9 Å². The van der Waals surface area contributed by atoms with Crippen molar-refractivity contribution in [3.05, 3.63) is 113 Å². The van der Waals surface area contributed by atoms with Crippen molar-refractivity contribution in [1.82, 2.24) is 4.68 Å². The zero-order chi connectivity index (χ0) is 20.9. The van der Waals surface area contributed by atoms with Gasteiger partial charge >= 0.3 is 0 Å². The van der Waals surface area contributed by atoms with E-state index in [0.29, 0.717) is 0 Å². The van der Waals surface area contributed by atoms with Crippen molar-refractivity contribution in [2.24, 2.45) is 5.10 Å². The van der Waals surface area contributed by atoms with Crippen LogP contribution in [0.3, 0.4) is 0 Å². The Hall–Kier alpha value is -3.92. The van der Waals surface area contributed by atoms with Crippen molar-refractivity contribution in [1.29, 1.82) is 0 Å². The van der Waals surface area contributed by atoms with E-state index >= 15 is 0 Å². The minimum Gasteiger partial charge on any atom is -0.497 e. The number of rotatable bonds is 5. The second kappa shape index (κ2) is 8.62. The highest BCUT2D eigenvalue weighted by Crippen LogP contribution is 2.25. The van der Waals surface area contributed by atoms with Gasteiger partial charge in [-0.2, -0.15) is 9.78 Å². The molecule has 0 bridgehead atoms. The Morgan fingerprint density at radius 2 is 1.37 bits per heavy atom. The second-order valence-corrected chi connectivity index (χ2v) is 6.93. The highest BCUT2D eigenvalue weighted by molar-refractivity contribution is 5.98. The van der Waals surface area contributed by atoms with Crippen LogP contribution in [0.25, 0.3) is 22.4 Å². The van der Waals surface area contributed by atoms with E-state index in [1.54, 1.807) is 13.2 Å². The van der Waals surface area contributed by atoms with Crippen molar-refractivity contribution < 1.29 is 4.74 Å². The number of aromatic nitrogens is 1. The molecule has 0 radical (unpaired) electrons. The summed E-state index contributed by atoms with van der Waals surface area (Å²) in [6.45, 7) is 1.90. The Morgan fingerprint density at radius 3 is 1.97 bits per heavy atom. The van der Waals surface area contributed by atoms with Gasteiger partial charge in [-0.15, -0.1) is 0 Å². The van der Waals surface area contributed by atoms with Gasteiger partial charge < -0.3 is 4.74 Å². The molecule has 0 amide bonds. The summed E-state index contributed by atoms with van der Waals surface area (Å²) >= 11 is 0. The predicted octanol–water partition coefficient (Wildman–Crippen LogP) is 5.46. The topological polar surface area (TPSA) is 43.6 Å². The van der Waals surface area contributed by atoms with Gasteiger partial charge in [0, 0.05) is 11.6 Å². The number of benzene rings is 3. The van der Waals surface area contributed by atoms with Crippen LogP contribution >= 0.6 is 0 Å². The molecular weight excluding hydrogens is 372 g/mol. The van der Waals surface area contributed by atoms with Crippen LogP contribution in [-0.2, 0) is 0 Å². The van der Waals surface area contributed by atoms with Gasteiger partial charge in [0.05, 0.1) is 18.5 Å². The molecule has 1 heterocycles. The number of methoxy groups -OCH3 is 1. The molecule has 0 saturated carbocycles. The van der Waals surface area contributed by atoms with Crippen LogP contribution in [0.1, 0.15) is 12.5 Å². The van der Waals surface area contributed by atoms with Gasteiger partial charge in [-0.05, 0) is 53.9 Å². The van der Waals surface area contributed by atoms with Crippen LogP contribution in [0, 0.1) is 0 Å². The van der Waals surface area contributed by atoms with E-state index in [-0.39, 0.29) is 5.56 Å². The van der Waals surface area contributed by atoms with E-state index in [9.17, 15) is 4.79 Å². The molecule has 1 aromatic heterocycles. The first-order valence-corrected chi connectivity index (χ1v) is 9.73. The number of hydrogen-bond donors (Lipinski definition) is 0. The molecule has 0 aliphatic rings. The summed E-state index contributed by atoms with van der Waals surface area (Å²) in [4.78, 5) is 13.1. The molecule has 0 saturated heterocycles. The van der Waals surface area contributed by atoms with Crippen LogP contribution in [0.4, 0.5) is 0 Å². The number of ether oxygens (including phenoxy) is 1. The zero-order valence-electron chi connectivity index (χ0n) is 16.9. The van der Waals surface area contributed by atoms with E-state index in [4.69, 9.17) is 4.74 Å². The normalized spacial score (nSPS) is 11.3. The van der Waals surface area contributed by atoms with Crippen molar-refractivity contribution in [3.8, 4) is 28.1 Å². The lowest BCUT2D eigenvalue weighted by molar-refractivity contribution is 0.415. The van der Waals surface area contributed by atoms with Crippen molar-refractivity contribution in [2.45, 2.75) is 6.92 Å². The Kier molecular flexibility index (Phi) is 5.57. The highest BCUT2D eigenvalue weighted by atomic mass is 16.5. The van der Waals surface area contributed by atoms with Gasteiger partial charge in [0.25, 0.3) is 5.56 Å². The monoisotopic (exact) mass is 394 g/mol. The third-order valence-electron chi connectivity index (χ3n) is 4.94. The summed E-state index contributed by atoms with van der Waals surface area (Å²) in [5, 5.41) is 4.68. The van der Waals surface area contributed by atoms with Gasteiger partial charge in [0.15, 0.2) is 0 Å². The number of nitrogens with zero attached hydrogens (tertiary/aromatic N) is 2. The minimum atomic E-state index is -0.178. The average Bonchev–Trinajstić information content (AvgIpc) is 2.81. The quantitative estimate of drug-likeness (QED) is 0.422. The lowest BCUT2D eigenvalue weighted by Crippen LogP contribution is -2.19. The van der Waals surface area contributed by atoms with Gasteiger partial charge in [0.2, 0.25) is 0 Å². The van der Waals surface area contributed by atoms with Crippen LogP contribution in [0.2, 0.25) is 0 Å². The van der Waals surface area contributed by atoms with E-state index < -0.39 is 0 Å². The molecule has 0 atom stereocenters. The third kappa shape index (κ3) is 4.08. The Balaban J connectivity index is 1.87. The van der Waals surface area contributed by atoms with E-state index in [2.05, 4.69) is 5.10 Å². The first kappa shape index (κ1) is 19.4. The molecule has 3 aromatic carbocycles. The van der Waals surface area contributed by atoms with Crippen LogP contribution < -0.4 is 10.3 Å². The summed E-state index contributed by atoms with van der Waals surface area (Å²) in [5.74, 6) is 0.779. The molecule has 4 rings (SSSR count). The molecule has 0 aliphatic heterocycles. The van der Waals surface area contributed by atoms with Gasteiger partial charge in [-0.3, -0.25) is 4.79 Å². The fourth-order valence-electron chi connectivity index (χ4n) is 3.32. The third-order valence-corrected chi connectivity index (χ3v) is 4.94. The summed E-state index contributed by atoms with van der Waals surface area (Å²) < 4.78 is 6.70. The Bertz CT molecular complexity index is 1230. The maximum atomic E-state index is 13.1. The summed E-state index contributed by atoms with van der Waals surface area (Å²) in [7, 11) is 1.63. The van der Waals surface area contributed by atoms with Gasteiger partial charge in [0.1, 0.15) is 5.75 Å². The van der Waals surface area contributed by atoms with Crippen LogP contribution in [0.5, 0.6) is 5.75 Å². The smallest absolute Gasteiger partial charge is 0.272 e. The average molecular weight is 394 g/mol. The fraction of sp³-hybridized carbons (Fsp3) is 0.0769. The molecular formula is C26H22N2O2. The molecule has 4 heteroatoms. The standard InChI is InChI=1S/C26H22N2O2/c1-19(20-13-15-24(30-2)16-14-20)27-28-25(22-11-7-4-8-12-22)17-23(18-26(28)29)21-9-5-3-6-10-21/h3-18H,1-2H3/b27-19+. The maximum absolute atomic E-state index is 13.1. The maximum Gasteiger partial charge on any atom is 0.272 e. The molecule has 0 aliphatic carbocycles. The molecule has 0 unspecified atom stereocenters. The summed E-state index contributed by atoms with van der Waals surface area (Å²) in [5.41, 5.74) is 5.03. The molecule has 0 spiro atoms. The highest BCUT2D eigenvalue weighted by Gasteiger charge is 2.11. The molecule has 4 nitrogen and oxygen atoms in total. The lowest BCUT2D eigenvalue weighted by Gasteiger charge is -2.12. The van der Waals surface area contributed by atoms with E-state index in [1.165, 1.54) is 4.68 Å². The Morgan fingerprint density at radius 1 is 0.767 bits per heavy atom. The lowest BCUT2D eigenvalue weighted by atomic mass is 10.0. The first-order chi connectivity index (χ1) is 14.7. The number of hydrogen-bond acceptors (Lipinski definition) is 3. The van der Waals surface area contributed by atoms with Crippen molar-refractivity contribution in [2.75, 3.05) is 7.11 Å². The number of pyridine rings is 1. The van der Waals surface area contributed by atoms with Crippen LogP contribution in [-0.4, -0.2) is 17.5 Å². The molecule has 148 valence electrons. The van der Waals surface area contributed by atoms with Crippen molar-refractivity contribution in [3.63, 3.8) is 0 Å². The largest absolute Gasteiger partial charge is 0.497 e. The van der Waals surface area contributed by atoms with Gasteiger partial charge in [-0.25, -0.2) is 0 Å².